The van der Waals surface area contributed by atoms with Crippen molar-refractivity contribution in [3.8, 4) is 0 Å². The van der Waals surface area contributed by atoms with Crippen LogP contribution in [0, 0.1) is 5.92 Å². The van der Waals surface area contributed by atoms with Gasteiger partial charge in [-0.15, -0.1) is 0 Å². The van der Waals surface area contributed by atoms with Crippen molar-refractivity contribution in [2.45, 2.75) is 38.5 Å². The second kappa shape index (κ2) is 10.5. The van der Waals surface area contributed by atoms with Crippen LogP contribution in [0.2, 0.25) is 0 Å². The van der Waals surface area contributed by atoms with E-state index in [2.05, 4.69) is 0 Å². The van der Waals surface area contributed by atoms with Gasteiger partial charge in [0.1, 0.15) is 5.78 Å². The van der Waals surface area contributed by atoms with Gasteiger partial charge in [0.25, 0.3) is 0 Å². The normalized spacial score (nSPS) is 16.3. The quantitative estimate of drug-likeness (QED) is 0.533. The zero-order valence-corrected chi connectivity index (χ0v) is 11.5. The zero-order chi connectivity index (χ0) is 13.1. The molecule has 0 unspecified atom stereocenters. The third-order valence-electron chi connectivity index (χ3n) is 3.33. The van der Waals surface area contributed by atoms with E-state index in [4.69, 9.17) is 14.2 Å². The number of ether oxygens (including phenoxy) is 3. The van der Waals surface area contributed by atoms with Gasteiger partial charge in [-0.2, -0.15) is 0 Å². The number of rotatable bonds is 11. The number of hydrogen-bond donors (Lipinski definition) is 0. The van der Waals surface area contributed by atoms with E-state index in [1.165, 1.54) is 12.8 Å². The summed E-state index contributed by atoms with van der Waals surface area (Å²) in [4.78, 5) is 11.8. The maximum atomic E-state index is 11.8. The van der Waals surface area contributed by atoms with E-state index in [0.29, 0.717) is 51.2 Å². The molecule has 0 bridgehead atoms. The van der Waals surface area contributed by atoms with E-state index in [1.807, 2.05) is 0 Å². The van der Waals surface area contributed by atoms with Crippen LogP contribution >= 0.6 is 0 Å². The molecule has 4 nitrogen and oxygen atoms in total. The number of hydrogen-bond acceptors (Lipinski definition) is 4. The second-order valence-electron chi connectivity index (χ2n) is 4.77. The van der Waals surface area contributed by atoms with Crippen molar-refractivity contribution in [3.63, 3.8) is 0 Å². The molecule has 4 heteroatoms. The van der Waals surface area contributed by atoms with Crippen molar-refractivity contribution in [2.24, 2.45) is 5.92 Å². The highest BCUT2D eigenvalue weighted by Gasteiger charge is 2.21. The second-order valence-corrected chi connectivity index (χ2v) is 4.77. The molecule has 0 aromatic rings. The molecule has 0 N–H and O–H groups in total. The predicted octanol–water partition coefficient (Wildman–Crippen LogP) is 2.21. The van der Waals surface area contributed by atoms with Crippen molar-refractivity contribution in [2.75, 3.05) is 40.1 Å². The fraction of sp³-hybridized carbons (Fsp3) is 0.929. The third-order valence-corrected chi connectivity index (χ3v) is 3.33. The van der Waals surface area contributed by atoms with Crippen LogP contribution < -0.4 is 0 Å². The molecule has 1 aliphatic carbocycles. The van der Waals surface area contributed by atoms with Gasteiger partial charge in [-0.25, -0.2) is 0 Å². The Morgan fingerprint density at radius 2 is 1.61 bits per heavy atom. The minimum absolute atomic E-state index is 0.349. The van der Waals surface area contributed by atoms with Crippen LogP contribution in [0.15, 0.2) is 0 Å². The highest BCUT2D eigenvalue weighted by molar-refractivity contribution is 5.81. The first-order valence-electron chi connectivity index (χ1n) is 7.01. The lowest BCUT2D eigenvalue weighted by molar-refractivity contribution is -0.123. The molecule has 1 rings (SSSR count). The summed E-state index contributed by atoms with van der Waals surface area (Å²) in [6, 6.07) is 0. The van der Waals surface area contributed by atoms with Crippen LogP contribution in [-0.2, 0) is 19.0 Å². The molecule has 1 fully saturated rings. The van der Waals surface area contributed by atoms with Crippen LogP contribution in [0.1, 0.15) is 38.5 Å². The Kier molecular flexibility index (Phi) is 9.08. The van der Waals surface area contributed by atoms with E-state index < -0.39 is 0 Å². The van der Waals surface area contributed by atoms with Crippen LogP contribution in [0.3, 0.4) is 0 Å². The maximum Gasteiger partial charge on any atom is 0.136 e. The average molecular weight is 258 g/mol. The van der Waals surface area contributed by atoms with Crippen molar-refractivity contribution >= 4 is 5.78 Å². The lowest BCUT2D eigenvalue weighted by Gasteiger charge is -2.08. The Labute approximate surface area is 110 Å². The Morgan fingerprint density at radius 1 is 1.00 bits per heavy atom. The SMILES string of the molecule is COCCOCCOCCCC(=O)C1CCCC1. The van der Waals surface area contributed by atoms with Gasteiger partial charge in [0.2, 0.25) is 0 Å². The van der Waals surface area contributed by atoms with Gasteiger partial charge in [0.15, 0.2) is 0 Å². The van der Waals surface area contributed by atoms with Crippen molar-refractivity contribution < 1.29 is 19.0 Å². The summed E-state index contributed by atoms with van der Waals surface area (Å²) in [5.41, 5.74) is 0. The minimum atomic E-state index is 0.349. The molecule has 0 spiro atoms. The van der Waals surface area contributed by atoms with E-state index in [9.17, 15) is 4.79 Å². The third kappa shape index (κ3) is 7.09. The largest absolute Gasteiger partial charge is 0.382 e. The van der Waals surface area contributed by atoms with Gasteiger partial charge in [-0.3, -0.25) is 4.79 Å². The molecule has 1 aliphatic rings. The van der Waals surface area contributed by atoms with Crippen molar-refractivity contribution in [1.29, 1.82) is 0 Å². The first kappa shape index (κ1) is 15.6. The van der Waals surface area contributed by atoms with Crippen molar-refractivity contribution in [3.05, 3.63) is 0 Å². The van der Waals surface area contributed by atoms with Gasteiger partial charge in [0, 0.05) is 26.1 Å². The Bertz CT molecular complexity index is 212. The molecule has 0 atom stereocenters. The standard InChI is InChI=1S/C14H26O4/c1-16-9-10-18-12-11-17-8-4-7-14(15)13-5-2-3-6-13/h13H,2-12H2,1H3. The highest BCUT2D eigenvalue weighted by atomic mass is 16.5. The summed E-state index contributed by atoms with van der Waals surface area (Å²) in [7, 11) is 1.65. The minimum Gasteiger partial charge on any atom is -0.382 e. The lowest BCUT2D eigenvalue weighted by atomic mass is 9.99. The van der Waals surface area contributed by atoms with Crippen LogP contribution in [-0.4, -0.2) is 45.9 Å². The fourth-order valence-corrected chi connectivity index (χ4v) is 2.26. The zero-order valence-electron chi connectivity index (χ0n) is 11.5. The van der Waals surface area contributed by atoms with Gasteiger partial charge in [-0.1, -0.05) is 12.8 Å². The van der Waals surface area contributed by atoms with Gasteiger partial charge in [-0.05, 0) is 19.3 Å². The van der Waals surface area contributed by atoms with Crippen LogP contribution in [0.25, 0.3) is 0 Å². The first-order valence-corrected chi connectivity index (χ1v) is 7.01. The molecule has 0 radical (unpaired) electrons. The van der Waals surface area contributed by atoms with Gasteiger partial charge < -0.3 is 14.2 Å². The molecule has 106 valence electrons. The van der Waals surface area contributed by atoms with Crippen molar-refractivity contribution in [1.82, 2.24) is 0 Å². The number of carbonyl (C=O) groups excluding carboxylic acids is 1. The molecule has 0 amide bonds. The molecule has 0 aromatic heterocycles. The maximum absolute atomic E-state index is 11.8. The molecule has 1 saturated carbocycles. The molecule has 18 heavy (non-hydrogen) atoms. The predicted molar refractivity (Wildman–Crippen MR) is 69.7 cm³/mol. The summed E-state index contributed by atoms with van der Waals surface area (Å²) in [5.74, 6) is 0.787. The molecule has 0 saturated heterocycles. The molecular weight excluding hydrogens is 232 g/mol. The number of Topliss-reactive ketones (excluding diaryl/α,β-unsaturated/α-hetero) is 1. The Morgan fingerprint density at radius 3 is 2.28 bits per heavy atom. The number of methoxy groups -OCH3 is 1. The fourth-order valence-electron chi connectivity index (χ4n) is 2.26. The Balaban J connectivity index is 1.82. The summed E-state index contributed by atoms with van der Waals surface area (Å²) in [6.07, 6.45) is 6.18. The summed E-state index contributed by atoms with van der Waals surface area (Å²) < 4.78 is 15.5. The van der Waals surface area contributed by atoms with E-state index in [1.54, 1.807) is 7.11 Å². The highest BCUT2D eigenvalue weighted by Crippen LogP contribution is 2.26. The van der Waals surface area contributed by atoms with E-state index in [0.717, 1.165) is 19.3 Å². The Hall–Kier alpha value is -0.450. The molecule has 0 aliphatic heterocycles. The number of ketones is 1. The first-order chi connectivity index (χ1) is 8.84. The van der Waals surface area contributed by atoms with Crippen LogP contribution in [0.5, 0.6) is 0 Å². The smallest absolute Gasteiger partial charge is 0.136 e. The number of carbonyl (C=O) groups is 1. The lowest BCUT2D eigenvalue weighted by Crippen LogP contribution is -2.12. The average Bonchev–Trinajstić information content (AvgIpc) is 2.90. The van der Waals surface area contributed by atoms with Gasteiger partial charge >= 0.3 is 0 Å². The summed E-state index contributed by atoms with van der Waals surface area (Å²) in [6.45, 7) is 3.09. The van der Waals surface area contributed by atoms with Crippen LogP contribution in [0.4, 0.5) is 0 Å². The monoisotopic (exact) mass is 258 g/mol. The topological polar surface area (TPSA) is 44.8 Å². The molecule has 0 heterocycles. The van der Waals surface area contributed by atoms with E-state index >= 15 is 0 Å². The molecular formula is C14H26O4. The van der Waals surface area contributed by atoms with E-state index in [-0.39, 0.29) is 0 Å². The van der Waals surface area contributed by atoms with Gasteiger partial charge in [0.05, 0.1) is 26.4 Å². The summed E-state index contributed by atoms with van der Waals surface area (Å²) >= 11 is 0. The molecule has 0 aromatic carbocycles. The summed E-state index contributed by atoms with van der Waals surface area (Å²) in [5, 5.41) is 0.